The third-order valence-electron chi connectivity index (χ3n) is 5.02. The molecule has 1 aromatic heterocycles. The Labute approximate surface area is 196 Å². The van der Waals surface area contributed by atoms with Crippen molar-refractivity contribution < 1.29 is 27.7 Å². The fraction of sp³-hybridized carbons (Fsp3) is 0.409. The smallest absolute Gasteiger partial charge is 0.419 e. The number of nitrogens with zero attached hydrogens (tertiary/aromatic N) is 4. The summed E-state index contributed by atoms with van der Waals surface area (Å²) in [6.07, 6.45) is -4.24. The number of H-pyrrole nitrogens is 1. The van der Waals surface area contributed by atoms with Crippen molar-refractivity contribution in [1.82, 2.24) is 9.80 Å². The molecule has 1 heterocycles. The van der Waals surface area contributed by atoms with Crippen LogP contribution in [0.3, 0.4) is 0 Å². The first-order valence-electron chi connectivity index (χ1n) is 10.3. The van der Waals surface area contributed by atoms with Crippen molar-refractivity contribution in [2.75, 3.05) is 58.6 Å². The van der Waals surface area contributed by atoms with Crippen LogP contribution in [0.1, 0.15) is 17.7 Å². The molecule has 2 aromatic rings. The summed E-state index contributed by atoms with van der Waals surface area (Å²) in [7, 11) is 6.56. The topological polar surface area (TPSA) is 126 Å². The molecule has 1 aromatic carbocycles. The number of nitrogens with two attached hydrogens (primary N) is 2. The number of hydrogen-bond donors (Lipinski definition) is 2. The molecule has 12 heteroatoms. The van der Waals surface area contributed by atoms with Crippen molar-refractivity contribution in [3.05, 3.63) is 35.5 Å². The predicted octanol–water partition coefficient (Wildman–Crippen LogP) is 1.74. The molecule has 0 radical (unpaired) electrons. The van der Waals surface area contributed by atoms with Gasteiger partial charge in [0, 0.05) is 39.3 Å². The van der Waals surface area contributed by atoms with Crippen molar-refractivity contribution in [2.24, 2.45) is 5.84 Å². The average Bonchev–Trinajstić information content (AvgIpc) is 2.76. The molecule has 0 aliphatic heterocycles. The van der Waals surface area contributed by atoms with Gasteiger partial charge < -0.3 is 20.4 Å². The van der Waals surface area contributed by atoms with E-state index in [0.717, 1.165) is 6.07 Å². The van der Waals surface area contributed by atoms with Crippen molar-refractivity contribution >= 4 is 17.3 Å². The third-order valence-corrected chi connectivity index (χ3v) is 5.02. The minimum Gasteiger partial charge on any atom is -0.493 e. The maximum Gasteiger partial charge on any atom is 0.419 e. The van der Waals surface area contributed by atoms with E-state index in [-0.39, 0.29) is 53.1 Å². The molecule has 5 N–H and O–H groups in total. The lowest BCUT2D eigenvalue weighted by Crippen LogP contribution is -2.35. The Morgan fingerprint density at radius 2 is 1.88 bits per heavy atom. The highest BCUT2D eigenvalue weighted by Gasteiger charge is 2.35. The summed E-state index contributed by atoms with van der Waals surface area (Å²) < 4.78 is 46.8. The summed E-state index contributed by atoms with van der Waals surface area (Å²) in [5, 5.41) is 10.5. The largest absolute Gasteiger partial charge is 0.493 e. The number of hydrogen-bond acceptors (Lipinski definition) is 7. The Hall–Kier alpha value is -3.56. The van der Waals surface area contributed by atoms with Gasteiger partial charge in [0.05, 0.1) is 24.4 Å². The molecule has 0 atom stereocenters. The number of anilines is 2. The lowest BCUT2D eigenvalue weighted by atomic mass is 10.0. The Kier molecular flexibility index (Phi) is 8.67. The second-order valence-corrected chi connectivity index (χ2v) is 8.02. The van der Waals surface area contributed by atoms with Gasteiger partial charge in [-0.2, -0.15) is 23.4 Å². The number of pyridine rings is 1. The molecule has 9 nitrogen and oxygen atoms in total. The van der Waals surface area contributed by atoms with Crippen LogP contribution < -0.4 is 26.3 Å². The van der Waals surface area contributed by atoms with Gasteiger partial charge >= 0.3 is 11.9 Å². The summed E-state index contributed by atoms with van der Waals surface area (Å²) >= 11 is 0. The number of nitrogens with one attached hydrogen (secondary N) is 1. The maximum atomic E-state index is 13.8. The lowest BCUT2D eigenvalue weighted by molar-refractivity contribution is -0.367. The van der Waals surface area contributed by atoms with E-state index in [1.807, 2.05) is 6.07 Å². The molecule has 184 valence electrons. The van der Waals surface area contributed by atoms with Crippen LogP contribution >= 0.6 is 0 Å². The zero-order chi connectivity index (χ0) is 25.6. The van der Waals surface area contributed by atoms with Gasteiger partial charge in [-0.15, -0.1) is 0 Å². The average molecular weight is 481 g/mol. The van der Waals surface area contributed by atoms with Crippen LogP contribution in [0.2, 0.25) is 0 Å². The van der Waals surface area contributed by atoms with Gasteiger partial charge in [-0.1, -0.05) is 0 Å². The molecule has 0 unspecified atom stereocenters. The predicted molar refractivity (Wildman–Crippen MR) is 121 cm³/mol. The number of aromatic nitrogens is 1. The monoisotopic (exact) mass is 480 g/mol. The first-order valence-corrected chi connectivity index (χ1v) is 10.3. The van der Waals surface area contributed by atoms with Crippen LogP contribution in [0.4, 0.5) is 24.5 Å². The summed E-state index contributed by atoms with van der Waals surface area (Å²) in [5.74, 6) is 5.37. The summed E-state index contributed by atoms with van der Waals surface area (Å²) in [5.41, 5.74) is 5.72. The molecule has 0 aliphatic carbocycles. The number of carbonyl (C=O) groups is 1. The second kappa shape index (κ2) is 11.0. The van der Waals surface area contributed by atoms with Gasteiger partial charge in [0.15, 0.2) is 6.07 Å². The number of halogens is 3. The van der Waals surface area contributed by atoms with E-state index < -0.39 is 11.7 Å². The van der Waals surface area contributed by atoms with E-state index in [1.165, 1.54) is 35.2 Å². The quantitative estimate of drug-likeness (QED) is 0.318. The second-order valence-electron chi connectivity index (χ2n) is 8.02. The van der Waals surface area contributed by atoms with E-state index in [0.29, 0.717) is 13.0 Å². The molecule has 34 heavy (non-hydrogen) atoms. The van der Waals surface area contributed by atoms with E-state index >= 15 is 0 Å². The molecule has 0 saturated carbocycles. The van der Waals surface area contributed by atoms with Gasteiger partial charge in [0.25, 0.3) is 0 Å². The molecular formula is C22H29F3N7O2+. The van der Waals surface area contributed by atoms with Crippen LogP contribution in [0, 0.1) is 11.3 Å². The van der Waals surface area contributed by atoms with Gasteiger partial charge in [-0.05, 0) is 31.7 Å². The van der Waals surface area contributed by atoms with Gasteiger partial charge in [0.2, 0.25) is 11.6 Å². The highest BCUT2D eigenvalue weighted by Crippen LogP contribution is 2.39. The van der Waals surface area contributed by atoms with Crippen LogP contribution in [0.25, 0.3) is 11.3 Å². The van der Waals surface area contributed by atoms with Crippen molar-refractivity contribution in [3.8, 4) is 23.1 Å². The summed E-state index contributed by atoms with van der Waals surface area (Å²) in [6.45, 7) is 0.724. The minimum absolute atomic E-state index is 0.0180. The number of alkyl halides is 3. The van der Waals surface area contributed by atoms with Crippen LogP contribution in [0.5, 0.6) is 5.75 Å². The first-order chi connectivity index (χ1) is 15.8. The SMILES string of the molecule is CN(CCCOc1ccc(-c2cc(N(C)N)c(N)c(C#N)[nH+]2)cc1C(F)(F)F)CC(=O)N(C)C. The molecular weight excluding hydrogens is 451 g/mol. The van der Waals surface area contributed by atoms with Crippen LogP contribution in [-0.4, -0.2) is 63.6 Å². The zero-order valence-corrected chi connectivity index (χ0v) is 19.5. The molecule has 0 saturated heterocycles. The number of likely N-dealkylation sites (N-methyl/N-ethyl adjacent to an activating group) is 2. The number of amides is 1. The number of nitriles is 1. The molecule has 2 rings (SSSR count). The molecule has 0 fully saturated rings. The van der Waals surface area contributed by atoms with E-state index in [4.69, 9.17) is 16.3 Å². The Morgan fingerprint density at radius 3 is 2.44 bits per heavy atom. The van der Waals surface area contributed by atoms with Crippen LogP contribution in [0.15, 0.2) is 24.3 Å². The number of ether oxygens (including phenoxy) is 1. The number of hydrazine groups is 1. The Balaban J connectivity index is 2.23. The fourth-order valence-electron chi connectivity index (χ4n) is 3.13. The number of nitrogen functional groups attached to an aromatic ring is 1. The van der Waals surface area contributed by atoms with Gasteiger partial charge in [-0.25, -0.2) is 5.84 Å². The summed E-state index contributed by atoms with van der Waals surface area (Å²) in [4.78, 5) is 17.7. The fourth-order valence-corrected chi connectivity index (χ4v) is 3.13. The van der Waals surface area contributed by atoms with Gasteiger partial charge in [-0.3, -0.25) is 9.69 Å². The van der Waals surface area contributed by atoms with Crippen molar-refractivity contribution in [1.29, 1.82) is 5.26 Å². The number of benzene rings is 1. The van der Waals surface area contributed by atoms with Gasteiger partial charge in [0.1, 0.15) is 11.4 Å². The molecule has 1 amide bonds. The zero-order valence-electron chi connectivity index (χ0n) is 19.5. The maximum absolute atomic E-state index is 13.8. The number of rotatable bonds is 9. The summed E-state index contributed by atoms with van der Waals surface area (Å²) in [6, 6.07) is 6.99. The first kappa shape index (κ1) is 26.7. The highest BCUT2D eigenvalue weighted by atomic mass is 19.4. The van der Waals surface area contributed by atoms with Crippen molar-refractivity contribution in [3.63, 3.8) is 0 Å². The number of aromatic amines is 1. The minimum atomic E-state index is -4.67. The highest BCUT2D eigenvalue weighted by molar-refractivity contribution is 5.77. The molecule has 0 aliphatic rings. The van der Waals surface area contributed by atoms with E-state index in [2.05, 4.69) is 4.98 Å². The standard InChI is InChI=1S/C22H28F3N7O2/c1-30(2)20(33)13-31(3)8-5-9-34-19-7-6-14(10-15(19)22(23,24)25)16-11-18(32(4)28)21(27)17(12-26)29-16/h6-7,10-11H,5,8-9,13,27-28H2,1-4H3/p+1. The molecule has 0 bridgehead atoms. The van der Waals surface area contributed by atoms with Crippen LogP contribution in [-0.2, 0) is 11.0 Å². The van der Waals surface area contributed by atoms with Crippen molar-refractivity contribution in [2.45, 2.75) is 12.6 Å². The third kappa shape index (κ3) is 6.72. The lowest BCUT2D eigenvalue weighted by Gasteiger charge is -2.19. The Bertz CT molecular complexity index is 1070. The van der Waals surface area contributed by atoms with E-state index in [1.54, 1.807) is 26.0 Å². The normalized spacial score (nSPS) is 11.3. The molecule has 0 spiro atoms. The number of carbonyl (C=O) groups excluding carboxylic acids is 1. The van der Waals surface area contributed by atoms with E-state index in [9.17, 15) is 23.2 Å². The Morgan fingerprint density at radius 1 is 1.21 bits per heavy atom.